The van der Waals surface area contributed by atoms with Gasteiger partial charge in [-0.15, -0.1) is 0 Å². The molecule has 0 radical (unpaired) electrons. The molecule has 5 nitrogen and oxygen atoms in total. The van der Waals surface area contributed by atoms with E-state index in [0.29, 0.717) is 23.1 Å². The fraction of sp³-hybridized carbons (Fsp3) is 0.214. The van der Waals surface area contributed by atoms with Gasteiger partial charge in [-0.25, -0.2) is 9.18 Å². The Morgan fingerprint density at radius 1 is 1.50 bits per heavy atom. The van der Waals surface area contributed by atoms with Crippen molar-refractivity contribution in [2.24, 2.45) is 0 Å². The largest absolute Gasteiger partial charge is 0.465 e. The summed E-state index contributed by atoms with van der Waals surface area (Å²) in [7, 11) is 1.24. The minimum absolute atomic E-state index is 0.147. The molecule has 0 bridgehead atoms. The van der Waals surface area contributed by atoms with Crippen LogP contribution in [0, 0.1) is 12.7 Å². The van der Waals surface area contributed by atoms with Crippen molar-refractivity contribution in [2.75, 3.05) is 7.11 Å². The van der Waals surface area contributed by atoms with E-state index in [1.165, 1.54) is 23.9 Å². The number of hydrogen-bond acceptors (Lipinski definition) is 4. The monoisotopic (exact) mass is 276 g/mol. The van der Waals surface area contributed by atoms with Gasteiger partial charge in [0.1, 0.15) is 5.82 Å². The second-order valence-electron chi connectivity index (χ2n) is 4.28. The first kappa shape index (κ1) is 13.9. The van der Waals surface area contributed by atoms with E-state index in [0.717, 1.165) is 6.07 Å². The zero-order valence-corrected chi connectivity index (χ0v) is 11.1. The second kappa shape index (κ2) is 5.64. The Morgan fingerprint density at radius 3 is 2.85 bits per heavy atom. The Balaban J connectivity index is 2.37. The number of rotatable bonds is 4. The van der Waals surface area contributed by atoms with Gasteiger partial charge in [-0.2, -0.15) is 5.10 Å². The van der Waals surface area contributed by atoms with Crippen molar-refractivity contribution in [3.63, 3.8) is 0 Å². The molecule has 0 N–H and O–H groups in total. The van der Waals surface area contributed by atoms with Crippen LogP contribution >= 0.6 is 0 Å². The average molecular weight is 276 g/mol. The average Bonchev–Trinajstić information content (AvgIpc) is 2.80. The van der Waals surface area contributed by atoms with Gasteiger partial charge in [-0.1, -0.05) is 6.07 Å². The number of methoxy groups -OCH3 is 1. The summed E-state index contributed by atoms with van der Waals surface area (Å²) in [6.45, 7) is 1.96. The number of aryl methyl sites for hydroxylation is 1. The third-order valence-electron chi connectivity index (χ3n) is 2.92. The van der Waals surface area contributed by atoms with Crippen LogP contribution < -0.4 is 0 Å². The van der Waals surface area contributed by atoms with Crippen LogP contribution in [0.25, 0.3) is 0 Å². The van der Waals surface area contributed by atoms with Gasteiger partial charge in [0.15, 0.2) is 6.29 Å². The van der Waals surface area contributed by atoms with Crippen LogP contribution in [0.15, 0.2) is 24.4 Å². The van der Waals surface area contributed by atoms with E-state index in [-0.39, 0.29) is 12.1 Å². The molecule has 1 aromatic carbocycles. The predicted molar refractivity (Wildman–Crippen MR) is 69.2 cm³/mol. The SMILES string of the molecule is COC(=O)c1cc(F)ccc1Cn1cc(C=O)c(C)n1. The number of carbonyl (C=O) groups is 2. The van der Waals surface area contributed by atoms with Crippen molar-refractivity contribution in [2.45, 2.75) is 13.5 Å². The normalized spacial score (nSPS) is 10.3. The molecule has 0 atom stereocenters. The molecule has 0 fully saturated rings. The quantitative estimate of drug-likeness (QED) is 0.633. The summed E-state index contributed by atoms with van der Waals surface area (Å²) in [6.07, 6.45) is 2.29. The maximum Gasteiger partial charge on any atom is 0.338 e. The second-order valence-corrected chi connectivity index (χ2v) is 4.28. The molecule has 0 saturated carbocycles. The number of ether oxygens (including phenoxy) is 1. The molecular formula is C14H13FN2O3. The minimum atomic E-state index is -0.612. The highest BCUT2D eigenvalue weighted by molar-refractivity contribution is 5.91. The van der Waals surface area contributed by atoms with Gasteiger partial charge in [0.25, 0.3) is 0 Å². The Kier molecular flexibility index (Phi) is 3.93. The Labute approximate surface area is 115 Å². The van der Waals surface area contributed by atoms with Gasteiger partial charge < -0.3 is 4.74 Å². The summed E-state index contributed by atoms with van der Waals surface area (Å²) < 4.78 is 19.4. The molecule has 2 aromatic rings. The lowest BCUT2D eigenvalue weighted by Gasteiger charge is -2.08. The lowest BCUT2D eigenvalue weighted by molar-refractivity contribution is 0.0598. The fourth-order valence-electron chi connectivity index (χ4n) is 1.89. The Bertz CT molecular complexity index is 664. The molecule has 0 aliphatic heterocycles. The van der Waals surface area contributed by atoms with Crippen LogP contribution in [-0.4, -0.2) is 29.1 Å². The highest BCUT2D eigenvalue weighted by Crippen LogP contribution is 2.15. The number of carbonyl (C=O) groups excluding carboxylic acids is 2. The first-order valence-corrected chi connectivity index (χ1v) is 5.91. The Hall–Kier alpha value is -2.50. The van der Waals surface area contributed by atoms with E-state index in [1.807, 2.05) is 0 Å². The number of aromatic nitrogens is 2. The molecule has 0 spiro atoms. The van der Waals surface area contributed by atoms with Crippen molar-refractivity contribution in [1.29, 1.82) is 0 Å². The molecule has 0 aliphatic rings. The molecule has 0 amide bonds. The van der Waals surface area contributed by atoms with Crippen molar-refractivity contribution >= 4 is 12.3 Å². The van der Waals surface area contributed by atoms with Crippen LogP contribution in [-0.2, 0) is 11.3 Å². The molecule has 0 unspecified atom stereocenters. The molecule has 6 heteroatoms. The molecule has 1 heterocycles. The van der Waals surface area contributed by atoms with E-state index in [4.69, 9.17) is 0 Å². The number of benzene rings is 1. The molecule has 0 saturated heterocycles. The number of halogens is 1. The first-order chi connectivity index (χ1) is 9.55. The molecule has 104 valence electrons. The van der Waals surface area contributed by atoms with Crippen molar-refractivity contribution in [3.05, 3.63) is 52.6 Å². The molecule has 1 aromatic heterocycles. The van der Waals surface area contributed by atoms with Crippen LogP contribution in [0.1, 0.15) is 32.0 Å². The topological polar surface area (TPSA) is 61.2 Å². The van der Waals surface area contributed by atoms with Gasteiger partial charge in [0.05, 0.1) is 30.5 Å². The van der Waals surface area contributed by atoms with Gasteiger partial charge in [-0.3, -0.25) is 9.48 Å². The highest BCUT2D eigenvalue weighted by atomic mass is 19.1. The standard InChI is InChI=1S/C14H13FN2O3/c1-9-11(8-18)7-17(16-9)6-10-3-4-12(15)5-13(10)14(19)20-2/h3-5,7-8H,6H2,1-2H3. The smallest absolute Gasteiger partial charge is 0.338 e. The Morgan fingerprint density at radius 2 is 2.25 bits per heavy atom. The molecule has 2 rings (SSSR count). The predicted octanol–water partition coefficient (Wildman–Crippen LogP) is 1.98. The van der Waals surface area contributed by atoms with Gasteiger partial charge in [-0.05, 0) is 24.6 Å². The van der Waals surface area contributed by atoms with E-state index in [1.54, 1.807) is 13.1 Å². The maximum absolute atomic E-state index is 13.2. The number of esters is 1. The summed E-state index contributed by atoms with van der Waals surface area (Å²) in [5.74, 6) is -1.13. The molecule has 20 heavy (non-hydrogen) atoms. The number of aldehydes is 1. The summed E-state index contributed by atoms with van der Waals surface area (Å²) in [6, 6.07) is 3.89. The maximum atomic E-state index is 13.2. The first-order valence-electron chi connectivity index (χ1n) is 5.91. The lowest BCUT2D eigenvalue weighted by atomic mass is 10.1. The zero-order valence-electron chi connectivity index (χ0n) is 11.1. The summed E-state index contributed by atoms with van der Waals surface area (Å²) in [5.41, 5.74) is 1.79. The lowest BCUT2D eigenvalue weighted by Crippen LogP contribution is -2.10. The van der Waals surface area contributed by atoms with Crippen LogP contribution in [0.2, 0.25) is 0 Å². The van der Waals surface area contributed by atoms with Gasteiger partial charge in [0, 0.05) is 6.20 Å². The van der Waals surface area contributed by atoms with E-state index in [2.05, 4.69) is 9.84 Å². The van der Waals surface area contributed by atoms with Crippen molar-refractivity contribution in [1.82, 2.24) is 9.78 Å². The van der Waals surface area contributed by atoms with Crippen LogP contribution in [0.4, 0.5) is 4.39 Å². The summed E-state index contributed by atoms with van der Waals surface area (Å²) in [4.78, 5) is 22.4. The van der Waals surface area contributed by atoms with E-state index in [9.17, 15) is 14.0 Å². The van der Waals surface area contributed by atoms with Crippen LogP contribution in [0.3, 0.4) is 0 Å². The highest BCUT2D eigenvalue weighted by Gasteiger charge is 2.14. The summed E-state index contributed by atoms with van der Waals surface area (Å²) >= 11 is 0. The third-order valence-corrected chi connectivity index (χ3v) is 2.92. The molecule has 0 aliphatic carbocycles. The molecular weight excluding hydrogens is 263 g/mol. The third kappa shape index (κ3) is 2.74. The van der Waals surface area contributed by atoms with Gasteiger partial charge in [0.2, 0.25) is 0 Å². The van der Waals surface area contributed by atoms with Crippen LogP contribution in [0.5, 0.6) is 0 Å². The van der Waals surface area contributed by atoms with Gasteiger partial charge >= 0.3 is 5.97 Å². The number of nitrogens with zero attached hydrogens (tertiary/aromatic N) is 2. The van der Waals surface area contributed by atoms with Crippen molar-refractivity contribution in [3.8, 4) is 0 Å². The van der Waals surface area contributed by atoms with Crippen molar-refractivity contribution < 1.29 is 18.7 Å². The zero-order chi connectivity index (χ0) is 14.7. The summed E-state index contributed by atoms with van der Waals surface area (Å²) in [5, 5.41) is 4.17. The van der Waals surface area contributed by atoms with E-state index >= 15 is 0 Å². The fourth-order valence-corrected chi connectivity index (χ4v) is 1.89. The minimum Gasteiger partial charge on any atom is -0.465 e. The van der Waals surface area contributed by atoms with E-state index < -0.39 is 11.8 Å². The number of hydrogen-bond donors (Lipinski definition) is 0.